The maximum atomic E-state index is 12.0. The van der Waals surface area contributed by atoms with Crippen molar-refractivity contribution < 1.29 is 18.3 Å². The number of aliphatic carboxylic acids is 1. The molecule has 2 rings (SSSR count). The topological polar surface area (TPSA) is 83.5 Å². The van der Waals surface area contributed by atoms with Crippen LogP contribution in [0.2, 0.25) is 0 Å². The fourth-order valence-corrected chi connectivity index (χ4v) is 4.19. The average molecular weight is 297 g/mol. The summed E-state index contributed by atoms with van der Waals surface area (Å²) in [5.41, 5.74) is 0.682. The van der Waals surface area contributed by atoms with E-state index in [-0.39, 0.29) is 11.8 Å². The zero-order valence-corrected chi connectivity index (χ0v) is 12.2. The first kappa shape index (κ1) is 15.0. The summed E-state index contributed by atoms with van der Waals surface area (Å²) < 4.78 is 24.0. The van der Waals surface area contributed by atoms with Crippen molar-refractivity contribution in [2.45, 2.75) is 43.2 Å². The predicted molar refractivity (Wildman–Crippen MR) is 75.3 cm³/mol. The van der Waals surface area contributed by atoms with Gasteiger partial charge in [0, 0.05) is 6.04 Å². The molecule has 20 heavy (non-hydrogen) atoms. The van der Waals surface area contributed by atoms with Crippen molar-refractivity contribution in [3.63, 3.8) is 0 Å². The zero-order chi connectivity index (χ0) is 14.8. The number of carbonyl (C=O) groups is 1. The molecule has 2 unspecified atom stereocenters. The van der Waals surface area contributed by atoms with Crippen LogP contribution in [0.25, 0.3) is 0 Å². The van der Waals surface area contributed by atoms with Crippen LogP contribution in [0.5, 0.6) is 0 Å². The lowest BCUT2D eigenvalue weighted by atomic mass is 10.0. The molecule has 0 saturated carbocycles. The lowest BCUT2D eigenvalue weighted by molar-refractivity contribution is -0.139. The lowest BCUT2D eigenvalue weighted by Gasteiger charge is -2.28. The molecule has 0 amide bonds. The highest BCUT2D eigenvalue weighted by Crippen LogP contribution is 2.32. The van der Waals surface area contributed by atoms with E-state index in [2.05, 4.69) is 5.32 Å². The smallest absolute Gasteiger partial charge is 0.320 e. The van der Waals surface area contributed by atoms with Crippen molar-refractivity contribution >= 4 is 15.8 Å². The second-order valence-corrected chi connectivity index (χ2v) is 7.12. The lowest BCUT2D eigenvalue weighted by Crippen LogP contribution is -2.41. The van der Waals surface area contributed by atoms with Gasteiger partial charge in [-0.2, -0.15) is 0 Å². The molecule has 0 bridgehead atoms. The Morgan fingerprint density at radius 1 is 1.45 bits per heavy atom. The van der Waals surface area contributed by atoms with E-state index in [1.807, 2.05) is 6.92 Å². The minimum absolute atomic E-state index is 0.0557. The van der Waals surface area contributed by atoms with Gasteiger partial charge in [-0.3, -0.25) is 10.1 Å². The molecule has 1 aromatic rings. The standard InChI is InChI=1S/C14H19NO4S/c1-2-5-12(14(16)17)15-11-8-9-20(18,19)13-7-4-3-6-10(11)13/h3-4,6-7,11-12,15H,2,5,8-9H2,1H3,(H,16,17). The van der Waals surface area contributed by atoms with Gasteiger partial charge in [0.05, 0.1) is 10.6 Å². The fourth-order valence-electron chi connectivity index (χ4n) is 2.57. The molecule has 1 aliphatic heterocycles. The quantitative estimate of drug-likeness (QED) is 0.865. The molecule has 0 aromatic heterocycles. The minimum Gasteiger partial charge on any atom is -0.480 e. The number of benzene rings is 1. The summed E-state index contributed by atoms with van der Waals surface area (Å²) >= 11 is 0. The SMILES string of the molecule is CCCC(NC1CCS(=O)(=O)c2ccccc21)C(=O)O. The third-order valence-electron chi connectivity index (χ3n) is 3.58. The summed E-state index contributed by atoms with van der Waals surface area (Å²) in [5.74, 6) is -0.835. The van der Waals surface area contributed by atoms with Crippen LogP contribution in [0.1, 0.15) is 37.8 Å². The molecule has 0 aliphatic carbocycles. The monoisotopic (exact) mass is 297 g/mol. The van der Waals surface area contributed by atoms with Gasteiger partial charge in [0.1, 0.15) is 6.04 Å². The van der Waals surface area contributed by atoms with E-state index in [1.165, 1.54) is 0 Å². The molecule has 1 aromatic carbocycles. The van der Waals surface area contributed by atoms with Crippen molar-refractivity contribution in [2.75, 3.05) is 5.75 Å². The Bertz CT molecular complexity index is 597. The van der Waals surface area contributed by atoms with E-state index in [4.69, 9.17) is 0 Å². The highest BCUT2D eigenvalue weighted by atomic mass is 32.2. The van der Waals surface area contributed by atoms with Gasteiger partial charge in [-0.1, -0.05) is 31.5 Å². The van der Waals surface area contributed by atoms with Crippen molar-refractivity contribution in [3.05, 3.63) is 29.8 Å². The molecule has 2 atom stereocenters. The van der Waals surface area contributed by atoms with Crippen LogP contribution < -0.4 is 5.32 Å². The van der Waals surface area contributed by atoms with Crippen molar-refractivity contribution in [1.29, 1.82) is 0 Å². The van der Waals surface area contributed by atoms with Crippen LogP contribution in [0.15, 0.2) is 29.2 Å². The first-order valence-electron chi connectivity index (χ1n) is 6.76. The van der Waals surface area contributed by atoms with Gasteiger partial charge >= 0.3 is 5.97 Å². The van der Waals surface area contributed by atoms with E-state index >= 15 is 0 Å². The van der Waals surface area contributed by atoms with Crippen LogP contribution >= 0.6 is 0 Å². The maximum absolute atomic E-state index is 12.0. The van der Waals surface area contributed by atoms with Crippen LogP contribution in [-0.2, 0) is 14.6 Å². The van der Waals surface area contributed by atoms with Gasteiger partial charge in [0.15, 0.2) is 9.84 Å². The predicted octanol–water partition coefficient (Wildman–Crippen LogP) is 1.75. The third kappa shape index (κ3) is 3.02. The molecule has 1 aliphatic rings. The van der Waals surface area contributed by atoms with Gasteiger partial charge in [-0.05, 0) is 24.5 Å². The highest BCUT2D eigenvalue weighted by Gasteiger charge is 2.32. The van der Waals surface area contributed by atoms with Crippen LogP contribution in [0, 0.1) is 0 Å². The normalized spacial score (nSPS) is 21.9. The molecular weight excluding hydrogens is 278 g/mol. The van der Waals surface area contributed by atoms with Crippen LogP contribution in [-0.4, -0.2) is 31.3 Å². The molecule has 110 valence electrons. The summed E-state index contributed by atoms with van der Waals surface area (Å²) in [5, 5.41) is 12.3. The summed E-state index contributed by atoms with van der Waals surface area (Å²) in [6, 6.07) is 5.97. The molecule has 0 radical (unpaired) electrons. The van der Waals surface area contributed by atoms with Gasteiger partial charge in [0.2, 0.25) is 0 Å². The number of fused-ring (bicyclic) bond motifs is 1. The van der Waals surface area contributed by atoms with E-state index in [0.29, 0.717) is 23.3 Å². The van der Waals surface area contributed by atoms with E-state index in [9.17, 15) is 18.3 Å². The summed E-state index contributed by atoms with van der Waals surface area (Å²) in [6.07, 6.45) is 1.70. The van der Waals surface area contributed by atoms with E-state index < -0.39 is 21.8 Å². The Balaban J connectivity index is 2.29. The number of nitrogens with one attached hydrogen (secondary N) is 1. The molecule has 2 N–H and O–H groups in total. The van der Waals surface area contributed by atoms with Crippen molar-refractivity contribution in [1.82, 2.24) is 5.32 Å². The number of hydrogen-bond donors (Lipinski definition) is 2. The highest BCUT2D eigenvalue weighted by molar-refractivity contribution is 7.91. The summed E-state index contributed by atoms with van der Waals surface area (Å²) in [6.45, 7) is 1.93. The van der Waals surface area contributed by atoms with Crippen LogP contribution in [0.3, 0.4) is 0 Å². The van der Waals surface area contributed by atoms with Crippen molar-refractivity contribution in [2.24, 2.45) is 0 Å². The molecular formula is C14H19NO4S. The zero-order valence-electron chi connectivity index (χ0n) is 11.4. The molecule has 0 fully saturated rings. The van der Waals surface area contributed by atoms with Gasteiger partial charge < -0.3 is 5.11 Å². The van der Waals surface area contributed by atoms with Gasteiger partial charge in [-0.25, -0.2) is 8.42 Å². The molecule has 5 nitrogen and oxygen atoms in total. The van der Waals surface area contributed by atoms with E-state index in [0.717, 1.165) is 6.42 Å². The average Bonchev–Trinajstić information content (AvgIpc) is 2.41. The molecule has 1 heterocycles. The number of carboxylic acids is 1. The Kier molecular flexibility index (Phi) is 4.45. The minimum atomic E-state index is -3.23. The Hall–Kier alpha value is -1.40. The number of sulfone groups is 1. The molecule has 0 spiro atoms. The Morgan fingerprint density at radius 3 is 2.80 bits per heavy atom. The Labute approximate surface area is 118 Å². The van der Waals surface area contributed by atoms with Gasteiger partial charge in [0.25, 0.3) is 0 Å². The number of carboxylic acid groups (broad SMARTS) is 1. The number of rotatable bonds is 5. The molecule has 0 saturated heterocycles. The molecule has 6 heteroatoms. The van der Waals surface area contributed by atoms with Crippen LogP contribution in [0.4, 0.5) is 0 Å². The van der Waals surface area contributed by atoms with Crippen molar-refractivity contribution in [3.8, 4) is 0 Å². The third-order valence-corrected chi connectivity index (χ3v) is 5.40. The maximum Gasteiger partial charge on any atom is 0.320 e. The van der Waals surface area contributed by atoms with E-state index in [1.54, 1.807) is 24.3 Å². The first-order valence-corrected chi connectivity index (χ1v) is 8.41. The second-order valence-electron chi connectivity index (χ2n) is 5.04. The summed E-state index contributed by atoms with van der Waals surface area (Å²) in [7, 11) is -3.23. The largest absolute Gasteiger partial charge is 0.480 e. The first-order chi connectivity index (χ1) is 9.45. The summed E-state index contributed by atoms with van der Waals surface area (Å²) in [4.78, 5) is 11.5. The second kappa shape index (κ2) is 5.93. The fraction of sp³-hybridized carbons (Fsp3) is 0.500. The number of hydrogen-bond acceptors (Lipinski definition) is 4. The van der Waals surface area contributed by atoms with Gasteiger partial charge in [-0.15, -0.1) is 0 Å². The Morgan fingerprint density at radius 2 is 2.15 bits per heavy atom.